The van der Waals surface area contributed by atoms with Gasteiger partial charge in [0.15, 0.2) is 11.6 Å². The van der Waals surface area contributed by atoms with Gasteiger partial charge in [-0.05, 0) is 60.7 Å². The molecule has 0 nitrogen and oxygen atoms in total. The van der Waals surface area contributed by atoms with Crippen molar-refractivity contribution >= 4 is 10.8 Å². The van der Waals surface area contributed by atoms with E-state index in [1.54, 1.807) is 30.3 Å². The third kappa shape index (κ3) is 4.72. The maximum absolute atomic E-state index is 14.9. The fourth-order valence-corrected chi connectivity index (χ4v) is 3.66. The van der Waals surface area contributed by atoms with Crippen LogP contribution in [0.25, 0.3) is 21.9 Å². The Bertz CT molecular complexity index is 1000. The Balaban J connectivity index is 1.96. The minimum Gasteiger partial charge on any atom is -0.206 e. The largest absolute Gasteiger partial charge is 0.206 e. The molecule has 0 amide bonds. The van der Waals surface area contributed by atoms with Crippen molar-refractivity contribution in [2.45, 2.75) is 52.4 Å². The maximum Gasteiger partial charge on any atom is 0.170 e. The summed E-state index contributed by atoms with van der Waals surface area (Å²) in [5.41, 5.74) is 2.33. The van der Waals surface area contributed by atoms with Crippen LogP contribution in [0.3, 0.4) is 0 Å². The lowest BCUT2D eigenvalue weighted by molar-refractivity contribution is 0.513. The molecule has 0 radical (unpaired) electrons. The zero-order chi connectivity index (χ0) is 20.8. The van der Waals surface area contributed by atoms with E-state index in [0.29, 0.717) is 22.9 Å². The van der Waals surface area contributed by atoms with Gasteiger partial charge < -0.3 is 0 Å². The first kappa shape index (κ1) is 21.2. The molecular weight excluding hydrogens is 369 g/mol. The van der Waals surface area contributed by atoms with Gasteiger partial charge in [-0.25, -0.2) is 13.2 Å². The van der Waals surface area contributed by atoms with E-state index in [4.69, 9.17) is 0 Å². The van der Waals surface area contributed by atoms with Crippen molar-refractivity contribution < 1.29 is 13.2 Å². The van der Waals surface area contributed by atoms with Crippen LogP contribution in [0.1, 0.15) is 50.7 Å². The molecule has 0 spiro atoms. The molecule has 0 unspecified atom stereocenters. The monoisotopic (exact) mass is 396 g/mol. The molecule has 0 saturated carbocycles. The normalized spacial score (nSPS) is 11.6. The van der Waals surface area contributed by atoms with Crippen LogP contribution in [-0.4, -0.2) is 0 Å². The van der Waals surface area contributed by atoms with Gasteiger partial charge in [0.25, 0.3) is 0 Å². The standard InChI is InChI=1S/C26H27F3/c1-3-5-7-9-18-11-13-19(14-12-18)22-17-21-16-15-20(10-8-6-4-2)24(27)23(21)26(29)25(22)28/h3,5,11-17H,4,6-10H2,1-2H3/b5-3+. The molecule has 152 valence electrons. The van der Waals surface area contributed by atoms with Crippen molar-refractivity contribution in [3.8, 4) is 11.1 Å². The molecule has 0 aliphatic carbocycles. The van der Waals surface area contributed by atoms with Crippen LogP contribution in [0.15, 0.2) is 54.6 Å². The first-order chi connectivity index (χ1) is 14.1. The number of hydrogen-bond acceptors (Lipinski definition) is 0. The number of allylic oxidation sites excluding steroid dienone is 2. The SMILES string of the molecule is C/C=C/CCc1ccc(-c2cc3ccc(CCCCC)c(F)c3c(F)c2F)cc1. The summed E-state index contributed by atoms with van der Waals surface area (Å²) in [6.45, 7) is 4.05. The van der Waals surface area contributed by atoms with Crippen LogP contribution in [0.4, 0.5) is 13.2 Å². The highest BCUT2D eigenvalue weighted by molar-refractivity contribution is 5.89. The van der Waals surface area contributed by atoms with Crippen molar-refractivity contribution in [3.05, 3.63) is 83.2 Å². The molecular formula is C26H27F3. The lowest BCUT2D eigenvalue weighted by Crippen LogP contribution is -1.98. The number of rotatable bonds is 8. The third-order valence-electron chi connectivity index (χ3n) is 5.35. The average molecular weight is 396 g/mol. The first-order valence-corrected chi connectivity index (χ1v) is 10.4. The van der Waals surface area contributed by atoms with Crippen LogP contribution in [-0.2, 0) is 12.8 Å². The maximum atomic E-state index is 14.9. The van der Waals surface area contributed by atoms with E-state index in [2.05, 4.69) is 13.0 Å². The fraction of sp³-hybridized carbons (Fsp3) is 0.308. The van der Waals surface area contributed by atoms with Crippen LogP contribution in [0.2, 0.25) is 0 Å². The van der Waals surface area contributed by atoms with E-state index >= 15 is 0 Å². The summed E-state index contributed by atoms with van der Waals surface area (Å²) < 4.78 is 44.5. The van der Waals surface area contributed by atoms with Gasteiger partial charge in [0.1, 0.15) is 5.82 Å². The van der Waals surface area contributed by atoms with Gasteiger partial charge in [-0.3, -0.25) is 0 Å². The highest BCUT2D eigenvalue weighted by Crippen LogP contribution is 2.33. The zero-order valence-electron chi connectivity index (χ0n) is 17.1. The Labute approximate surface area is 171 Å². The van der Waals surface area contributed by atoms with E-state index in [-0.39, 0.29) is 10.9 Å². The molecule has 3 heteroatoms. The number of benzene rings is 3. The summed E-state index contributed by atoms with van der Waals surface area (Å²) in [4.78, 5) is 0. The lowest BCUT2D eigenvalue weighted by atomic mass is 9.96. The molecule has 0 N–H and O–H groups in total. The van der Waals surface area contributed by atoms with Gasteiger partial charge >= 0.3 is 0 Å². The van der Waals surface area contributed by atoms with E-state index in [0.717, 1.165) is 37.7 Å². The molecule has 29 heavy (non-hydrogen) atoms. The van der Waals surface area contributed by atoms with Crippen molar-refractivity contribution in [2.24, 2.45) is 0 Å². The summed E-state index contributed by atoms with van der Waals surface area (Å²) in [6.07, 6.45) is 9.31. The summed E-state index contributed by atoms with van der Waals surface area (Å²) in [7, 11) is 0. The number of unbranched alkanes of at least 4 members (excludes halogenated alkanes) is 2. The molecule has 3 aromatic rings. The first-order valence-electron chi connectivity index (χ1n) is 10.4. The Morgan fingerprint density at radius 3 is 2.28 bits per heavy atom. The van der Waals surface area contributed by atoms with Crippen molar-refractivity contribution in [1.82, 2.24) is 0 Å². The predicted octanol–water partition coefficient (Wildman–Crippen LogP) is 8.17. The minimum absolute atomic E-state index is 0.160. The molecule has 0 aliphatic heterocycles. The minimum atomic E-state index is -1.11. The Kier molecular flexibility index (Phi) is 7.13. The summed E-state index contributed by atoms with van der Waals surface area (Å²) in [5.74, 6) is -2.74. The molecule has 0 aliphatic rings. The lowest BCUT2D eigenvalue weighted by Gasteiger charge is -2.12. The molecule has 0 saturated heterocycles. The van der Waals surface area contributed by atoms with E-state index < -0.39 is 17.5 Å². The zero-order valence-corrected chi connectivity index (χ0v) is 17.1. The fourth-order valence-electron chi connectivity index (χ4n) is 3.66. The second-order valence-electron chi connectivity index (χ2n) is 7.45. The summed E-state index contributed by atoms with van der Waals surface area (Å²) in [6, 6.07) is 12.4. The highest BCUT2D eigenvalue weighted by Gasteiger charge is 2.19. The van der Waals surface area contributed by atoms with Crippen LogP contribution in [0, 0.1) is 17.5 Å². The van der Waals surface area contributed by atoms with Crippen molar-refractivity contribution in [2.75, 3.05) is 0 Å². The molecule has 3 rings (SSSR count). The van der Waals surface area contributed by atoms with Gasteiger partial charge in [0, 0.05) is 5.56 Å². The Morgan fingerprint density at radius 1 is 0.828 bits per heavy atom. The number of halogens is 3. The predicted molar refractivity (Wildman–Crippen MR) is 116 cm³/mol. The number of hydrogen-bond donors (Lipinski definition) is 0. The molecule has 0 fully saturated rings. The smallest absolute Gasteiger partial charge is 0.170 e. The Morgan fingerprint density at radius 2 is 1.59 bits per heavy atom. The van der Waals surface area contributed by atoms with Crippen LogP contribution in [0.5, 0.6) is 0 Å². The van der Waals surface area contributed by atoms with Gasteiger partial charge in [-0.15, -0.1) is 0 Å². The van der Waals surface area contributed by atoms with Gasteiger partial charge in [0.2, 0.25) is 0 Å². The van der Waals surface area contributed by atoms with E-state index in [1.807, 2.05) is 25.1 Å². The van der Waals surface area contributed by atoms with Gasteiger partial charge in [-0.2, -0.15) is 0 Å². The second-order valence-corrected chi connectivity index (χ2v) is 7.45. The quantitative estimate of drug-likeness (QED) is 0.266. The molecule has 0 heterocycles. The molecule has 0 bridgehead atoms. The summed E-state index contributed by atoms with van der Waals surface area (Å²) in [5, 5.41) is 0.135. The number of fused-ring (bicyclic) bond motifs is 1. The Hall–Kier alpha value is -2.55. The topological polar surface area (TPSA) is 0 Å². The molecule has 3 aromatic carbocycles. The van der Waals surface area contributed by atoms with E-state index in [1.165, 1.54) is 0 Å². The highest BCUT2D eigenvalue weighted by atomic mass is 19.2. The number of aryl methyl sites for hydroxylation is 2. The van der Waals surface area contributed by atoms with E-state index in [9.17, 15) is 13.2 Å². The average Bonchev–Trinajstić information content (AvgIpc) is 2.73. The molecule has 0 atom stereocenters. The van der Waals surface area contributed by atoms with Crippen molar-refractivity contribution in [1.29, 1.82) is 0 Å². The second kappa shape index (κ2) is 9.78. The van der Waals surface area contributed by atoms with Gasteiger partial charge in [-0.1, -0.05) is 68.3 Å². The van der Waals surface area contributed by atoms with Crippen LogP contribution < -0.4 is 0 Å². The molecule has 0 aromatic heterocycles. The van der Waals surface area contributed by atoms with Crippen LogP contribution >= 0.6 is 0 Å². The summed E-state index contributed by atoms with van der Waals surface area (Å²) >= 11 is 0. The van der Waals surface area contributed by atoms with Gasteiger partial charge in [0.05, 0.1) is 5.39 Å². The van der Waals surface area contributed by atoms with Crippen molar-refractivity contribution in [3.63, 3.8) is 0 Å². The third-order valence-corrected chi connectivity index (χ3v) is 5.35.